The minimum atomic E-state index is -0.513. The van der Waals surface area contributed by atoms with Crippen LogP contribution in [-0.2, 0) is 14.3 Å². The molecule has 1 aromatic heterocycles. The molecule has 2 rings (SSSR count). The first-order valence-corrected chi connectivity index (χ1v) is 6.25. The van der Waals surface area contributed by atoms with E-state index in [1.807, 2.05) is 30.3 Å². The Hall–Kier alpha value is -2.82. The standard InChI is InChI=1S/C16H15NO4/c1-19-11-14(16(18)20-2)13-8-9-17-10-15(13)21-12-6-4-3-5-7-12/h3-11H,1-2H3. The molecule has 1 aromatic carbocycles. The van der Waals surface area contributed by atoms with Gasteiger partial charge in [0.2, 0.25) is 0 Å². The molecule has 0 fully saturated rings. The molecule has 0 saturated heterocycles. The Morgan fingerprint density at radius 3 is 2.57 bits per heavy atom. The zero-order valence-corrected chi connectivity index (χ0v) is 11.8. The van der Waals surface area contributed by atoms with Crippen LogP contribution >= 0.6 is 0 Å². The second-order valence-electron chi connectivity index (χ2n) is 4.05. The average molecular weight is 285 g/mol. The van der Waals surface area contributed by atoms with Crippen LogP contribution in [0.15, 0.2) is 55.1 Å². The third-order valence-electron chi connectivity index (χ3n) is 2.69. The van der Waals surface area contributed by atoms with Crippen molar-refractivity contribution >= 4 is 11.5 Å². The van der Waals surface area contributed by atoms with Gasteiger partial charge < -0.3 is 14.2 Å². The molecule has 0 aliphatic rings. The van der Waals surface area contributed by atoms with E-state index >= 15 is 0 Å². The summed E-state index contributed by atoms with van der Waals surface area (Å²) in [6, 6.07) is 10.9. The predicted octanol–water partition coefficient (Wildman–Crippen LogP) is 3.03. The van der Waals surface area contributed by atoms with Gasteiger partial charge >= 0.3 is 5.97 Å². The highest BCUT2D eigenvalue weighted by Gasteiger charge is 2.18. The maximum absolute atomic E-state index is 11.9. The number of ether oxygens (including phenoxy) is 3. The van der Waals surface area contributed by atoms with Crippen molar-refractivity contribution in [2.24, 2.45) is 0 Å². The number of hydrogen-bond donors (Lipinski definition) is 0. The lowest BCUT2D eigenvalue weighted by atomic mass is 10.1. The number of rotatable bonds is 5. The molecule has 5 nitrogen and oxygen atoms in total. The van der Waals surface area contributed by atoms with Crippen LogP contribution in [0.2, 0.25) is 0 Å². The van der Waals surface area contributed by atoms with Crippen LogP contribution in [0.5, 0.6) is 11.5 Å². The van der Waals surface area contributed by atoms with Gasteiger partial charge in [0.1, 0.15) is 11.3 Å². The molecule has 5 heteroatoms. The van der Waals surface area contributed by atoms with Crippen molar-refractivity contribution in [2.75, 3.05) is 14.2 Å². The molecule has 1 heterocycles. The summed E-state index contributed by atoms with van der Waals surface area (Å²) >= 11 is 0. The molecule has 0 unspecified atom stereocenters. The van der Waals surface area contributed by atoms with Gasteiger partial charge in [-0.25, -0.2) is 4.79 Å². The zero-order chi connectivity index (χ0) is 15.1. The van der Waals surface area contributed by atoms with Crippen LogP contribution in [0.4, 0.5) is 0 Å². The van der Waals surface area contributed by atoms with E-state index in [0.29, 0.717) is 17.1 Å². The van der Waals surface area contributed by atoms with Crippen molar-refractivity contribution < 1.29 is 19.0 Å². The third kappa shape index (κ3) is 3.60. The summed E-state index contributed by atoms with van der Waals surface area (Å²) in [5, 5.41) is 0. The van der Waals surface area contributed by atoms with Gasteiger partial charge in [-0.2, -0.15) is 0 Å². The Morgan fingerprint density at radius 2 is 1.90 bits per heavy atom. The summed E-state index contributed by atoms with van der Waals surface area (Å²) in [4.78, 5) is 15.9. The predicted molar refractivity (Wildman–Crippen MR) is 77.8 cm³/mol. The van der Waals surface area contributed by atoms with Gasteiger partial charge in [0.25, 0.3) is 0 Å². The Balaban J connectivity index is 2.40. The maximum atomic E-state index is 11.9. The first-order valence-electron chi connectivity index (χ1n) is 6.25. The number of pyridine rings is 1. The fraction of sp³-hybridized carbons (Fsp3) is 0.125. The summed E-state index contributed by atoms with van der Waals surface area (Å²) in [5.74, 6) is 0.576. The van der Waals surface area contributed by atoms with Crippen LogP contribution in [0.3, 0.4) is 0 Å². The minimum absolute atomic E-state index is 0.258. The lowest BCUT2D eigenvalue weighted by Gasteiger charge is -2.12. The summed E-state index contributed by atoms with van der Waals surface area (Å²) in [6.07, 6.45) is 4.42. The number of carbonyl (C=O) groups excluding carboxylic acids is 1. The average Bonchev–Trinajstić information content (AvgIpc) is 2.54. The molecular weight excluding hydrogens is 270 g/mol. The van der Waals surface area contributed by atoms with Gasteiger partial charge in [0, 0.05) is 11.8 Å². The second-order valence-corrected chi connectivity index (χ2v) is 4.05. The number of aromatic nitrogens is 1. The number of methoxy groups -OCH3 is 2. The van der Waals surface area contributed by atoms with E-state index in [2.05, 4.69) is 4.98 Å². The number of hydrogen-bond acceptors (Lipinski definition) is 5. The van der Waals surface area contributed by atoms with Crippen LogP contribution in [0, 0.1) is 0 Å². The van der Waals surface area contributed by atoms with Crippen molar-refractivity contribution in [2.45, 2.75) is 0 Å². The molecule has 2 aromatic rings. The molecule has 0 N–H and O–H groups in total. The van der Waals surface area contributed by atoms with Crippen molar-refractivity contribution in [3.8, 4) is 11.5 Å². The summed E-state index contributed by atoms with van der Waals surface area (Å²) in [6.45, 7) is 0. The van der Waals surface area contributed by atoms with Crippen LogP contribution in [0.25, 0.3) is 5.57 Å². The van der Waals surface area contributed by atoms with E-state index in [9.17, 15) is 4.79 Å². The second kappa shape index (κ2) is 7.09. The Morgan fingerprint density at radius 1 is 1.14 bits per heavy atom. The SMILES string of the molecule is COC=C(C(=O)OC)c1ccncc1Oc1ccccc1. The smallest absolute Gasteiger partial charge is 0.341 e. The Bertz CT molecular complexity index is 638. The largest absolute Gasteiger partial charge is 0.503 e. The van der Waals surface area contributed by atoms with Gasteiger partial charge in [0.05, 0.1) is 26.7 Å². The maximum Gasteiger partial charge on any atom is 0.341 e. The van der Waals surface area contributed by atoms with Crippen molar-refractivity contribution in [3.05, 3.63) is 60.6 Å². The van der Waals surface area contributed by atoms with Gasteiger partial charge in [-0.1, -0.05) is 18.2 Å². The molecule has 0 spiro atoms. The molecule has 0 amide bonds. The molecule has 0 bridgehead atoms. The minimum Gasteiger partial charge on any atom is -0.503 e. The van der Waals surface area contributed by atoms with Crippen LogP contribution < -0.4 is 4.74 Å². The Kier molecular flexibility index (Phi) is 4.93. The van der Waals surface area contributed by atoms with E-state index < -0.39 is 5.97 Å². The topological polar surface area (TPSA) is 57.7 Å². The quantitative estimate of drug-likeness (QED) is 0.480. The van der Waals surface area contributed by atoms with E-state index in [-0.39, 0.29) is 5.57 Å². The van der Waals surface area contributed by atoms with Gasteiger partial charge in [0.15, 0.2) is 5.75 Å². The first kappa shape index (κ1) is 14.6. The van der Waals surface area contributed by atoms with Gasteiger partial charge in [-0.3, -0.25) is 4.98 Å². The highest BCUT2D eigenvalue weighted by Crippen LogP contribution is 2.30. The highest BCUT2D eigenvalue weighted by atomic mass is 16.5. The van der Waals surface area contributed by atoms with Crippen molar-refractivity contribution in [1.29, 1.82) is 0 Å². The number of benzene rings is 1. The van der Waals surface area contributed by atoms with Crippen LogP contribution in [0.1, 0.15) is 5.56 Å². The van der Waals surface area contributed by atoms with Gasteiger partial charge in [-0.15, -0.1) is 0 Å². The molecule has 0 aliphatic carbocycles. The van der Waals surface area contributed by atoms with Crippen molar-refractivity contribution in [3.63, 3.8) is 0 Å². The van der Waals surface area contributed by atoms with Crippen molar-refractivity contribution in [1.82, 2.24) is 4.98 Å². The van der Waals surface area contributed by atoms with Gasteiger partial charge in [-0.05, 0) is 18.2 Å². The molecule has 0 aliphatic heterocycles. The lowest BCUT2D eigenvalue weighted by molar-refractivity contribution is -0.133. The fourth-order valence-electron chi connectivity index (χ4n) is 1.75. The summed E-state index contributed by atoms with van der Waals surface area (Å²) in [5.41, 5.74) is 0.802. The lowest BCUT2D eigenvalue weighted by Crippen LogP contribution is -2.06. The van der Waals surface area contributed by atoms with Crippen LogP contribution in [-0.4, -0.2) is 25.2 Å². The first-order chi connectivity index (χ1) is 10.3. The summed E-state index contributed by atoms with van der Waals surface area (Å²) < 4.78 is 15.5. The monoisotopic (exact) mass is 285 g/mol. The number of para-hydroxylation sites is 1. The van der Waals surface area contributed by atoms with E-state index in [0.717, 1.165) is 0 Å². The fourth-order valence-corrected chi connectivity index (χ4v) is 1.75. The zero-order valence-electron chi connectivity index (χ0n) is 11.8. The third-order valence-corrected chi connectivity index (χ3v) is 2.69. The van der Waals surface area contributed by atoms with E-state index in [4.69, 9.17) is 14.2 Å². The molecular formula is C16H15NO4. The molecule has 108 valence electrons. The normalized spacial score (nSPS) is 10.9. The number of esters is 1. The highest BCUT2D eigenvalue weighted by molar-refractivity contribution is 6.16. The molecule has 0 atom stereocenters. The molecule has 0 radical (unpaired) electrons. The number of carbonyl (C=O) groups is 1. The molecule has 0 saturated carbocycles. The van der Waals surface area contributed by atoms with E-state index in [1.54, 1.807) is 12.3 Å². The van der Waals surface area contributed by atoms with E-state index in [1.165, 1.54) is 26.7 Å². The summed E-state index contributed by atoms with van der Waals surface area (Å²) in [7, 11) is 2.77. The molecule has 21 heavy (non-hydrogen) atoms. The Labute approximate surface area is 122 Å². The number of nitrogens with zero attached hydrogens (tertiary/aromatic N) is 1.